The second-order valence-corrected chi connectivity index (χ2v) is 8.09. The number of para-hydroxylation sites is 1. The second kappa shape index (κ2) is 7.09. The fourth-order valence-electron chi connectivity index (χ4n) is 4.07. The van der Waals surface area contributed by atoms with E-state index in [2.05, 4.69) is 9.72 Å². The van der Waals surface area contributed by atoms with Crippen molar-refractivity contribution >= 4 is 40.1 Å². The summed E-state index contributed by atoms with van der Waals surface area (Å²) in [5.74, 6) is -0.826. The van der Waals surface area contributed by atoms with Gasteiger partial charge in [0, 0.05) is 11.9 Å². The number of urea groups is 1. The molecule has 0 unspecified atom stereocenters. The SMILES string of the molecule is O=C1N(c2ccc(OC(F)(F)F)cc2)C(=O)C2(CC2)N1Cc1cc(Cl)nc2ccccc12. The third-order valence-electron chi connectivity index (χ3n) is 5.69. The molecule has 2 aliphatic rings. The predicted octanol–water partition coefficient (Wildman–Crippen LogP) is 5.29. The van der Waals surface area contributed by atoms with Crippen LogP contribution in [0.5, 0.6) is 5.75 Å². The lowest BCUT2D eigenvalue weighted by atomic mass is 10.1. The molecule has 5 rings (SSSR count). The fraction of sp³-hybridized carbons (Fsp3) is 0.227. The Bertz CT molecular complexity index is 1240. The molecule has 2 aromatic carbocycles. The van der Waals surface area contributed by atoms with Gasteiger partial charge in [-0.15, -0.1) is 13.2 Å². The number of hydrogen-bond acceptors (Lipinski definition) is 4. The average Bonchev–Trinajstić information content (AvgIpc) is 3.50. The van der Waals surface area contributed by atoms with Gasteiger partial charge in [0.15, 0.2) is 0 Å². The molecule has 1 aliphatic heterocycles. The minimum atomic E-state index is -4.83. The van der Waals surface area contributed by atoms with Crippen LogP contribution in [-0.2, 0) is 11.3 Å². The van der Waals surface area contributed by atoms with Gasteiger partial charge in [0.25, 0.3) is 5.91 Å². The van der Waals surface area contributed by atoms with Crippen molar-refractivity contribution < 1.29 is 27.5 Å². The van der Waals surface area contributed by atoms with Gasteiger partial charge in [0.1, 0.15) is 16.4 Å². The summed E-state index contributed by atoms with van der Waals surface area (Å²) >= 11 is 6.16. The van der Waals surface area contributed by atoms with Gasteiger partial charge < -0.3 is 9.64 Å². The third-order valence-corrected chi connectivity index (χ3v) is 5.88. The molecule has 2 heterocycles. The zero-order chi connectivity index (χ0) is 22.7. The van der Waals surface area contributed by atoms with Crippen LogP contribution in [0.25, 0.3) is 10.9 Å². The molecule has 0 bridgehead atoms. The number of carbonyl (C=O) groups excluding carboxylic acids is 2. The van der Waals surface area contributed by atoms with Gasteiger partial charge >= 0.3 is 12.4 Å². The topological polar surface area (TPSA) is 62.7 Å². The standard InChI is InChI=1S/C22H15ClF3N3O3/c23-18-11-13(16-3-1-2-4-17(16)27-18)12-28-20(31)29(19(30)21(28)9-10-21)14-5-7-15(8-6-14)32-22(24,25)26/h1-8,11H,9-10,12H2. The van der Waals surface area contributed by atoms with Crippen LogP contribution in [-0.4, -0.2) is 33.7 Å². The molecule has 3 amide bonds. The summed E-state index contributed by atoms with van der Waals surface area (Å²) in [6.45, 7) is 0.152. The molecule has 1 saturated carbocycles. The number of aromatic nitrogens is 1. The lowest BCUT2D eigenvalue weighted by Crippen LogP contribution is -2.36. The maximum atomic E-state index is 13.3. The van der Waals surface area contributed by atoms with E-state index in [-0.39, 0.29) is 17.4 Å². The summed E-state index contributed by atoms with van der Waals surface area (Å²) < 4.78 is 41.1. The van der Waals surface area contributed by atoms with Crippen LogP contribution in [0.2, 0.25) is 5.15 Å². The molecular formula is C22H15ClF3N3O3. The molecule has 2 fully saturated rings. The average molecular weight is 462 g/mol. The number of alkyl halides is 3. The molecule has 32 heavy (non-hydrogen) atoms. The fourth-order valence-corrected chi connectivity index (χ4v) is 4.30. The van der Waals surface area contributed by atoms with E-state index >= 15 is 0 Å². The van der Waals surface area contributed by atoms with Crippen molar-refractivity contribution in [3.63, 3.8) is 0 Å². The van der Waals surface area contributed by atoms with E-state index in [0.717, 1.165) is 28.0 Å². The van der Waals surface area contributed by atoms with E-state index < -0.39 is 29.6 Å². The molecule has 1 aromatic heterocycles. The van der Waals surface area contributed by atoms with Gasteiger partial charge in [-0.25, -0.2) is 14.7 Å². The Morgan fingerprint density at radius 1 is 1.06 bits per heavy atom. The van der Waals surface area contributed by atoms with Crippen LogP contribution in [0.15, 0.2) is 54.6 Å². The van der Waals surface area contributed by atoms with Crippen molar-refractivity contribution in [1.82, 2.24) is 9.88 Å². The first-order valence-electron chi connectivity index (χ1n) is 9.74. The van der Waals surface area contributed by atoms with E-state index in [0.29, 0.717) is 18.4 Å². The number of pyridine rings is 1. The minimum absolute atomic E-state index is 0.152. The van der Waals surface area contributed by atoms with Crippen molar-refractivity contribution in [1.29, 1.82) is 0 Å². The molecule has 164 valence electrons. The van der Waals surface area contributed by atoms with Gasteiger partial charge in [-0.05, 0) is 54.8 Å². The van der Waals surface area contributed by atoms with Gasteiger partial charge in [-0.1, -0.05) is 29.8 Å². The predicted molar refractivity (Wildman–Crippen MR) is 110 cm³/mol. The number of fused-ring (bicyclic) bond motifs is 1. The maximum Gasteiger partial charge on any atom is 0.573 e. The van der Waals surface area contributed by atoms with Crippen LogP contribution < -0.4 is 9.64 Å². The van der Waals surface area contributed by atoms with Crippen molar-refractivity contribution in [2.75, 3.05) is 4.90 Å². The number of nitrogens with zero attached hydrogens (tertiary/aromatic N) is 3. The quantitative estimate of drug-likeness (QED) is 0.391. The summed E-state index contributed by atoms with van der Waals surface area (Å²) in [4.78, 5) is 33.2. The Morgan fingerprint density at radius 2 is 1.75 bits per heavy atom. The molecule has 3 aromatic rings. The minimum Gasteiger partial charge on any atom is -0.406 e. The van der Waals surface area contributed by atoms with E-state index in [4.69, 9.17) is 11.6 Å². The molecule has 10 heteroatoms. The van der Waals surface area contributed by atoms with E-state index in [1.807, 2.05) is 24.3 Å². The molecular weight excluding hydrogens is 447 g/mol. The summed E-state index contributed by atoms with van der Waals surface area (Å²) in [7, 11) is 0. The number of ether oxygens (including phenoxy) is 1. The Balaban J connectivity index is 1.46. The number of carbonyl (C=O) groups is 2. The Labute approximate surface area is 185 Å². The van der Waals surface area contributed by atoms with Crippen molar-refractivity contribution in [2.45, 2.75) is 31.3 Å². The smallest absolute Gasteiger partial charge is 0.406 e. The Morgan fingerprint density at radius 3 is 2.41 bits per heavy atom. The number of amides is 3. The number of imide groups is 1. The lowest BCUT2D eigenvalue weighted by molar-refractivity contribution is -0.274. The molecule has 0 atom stereocenters. The van der Waals surface area contributed by atoms with Crippen molar-refractivity contribution in [3.8, 4) is 5.75 Å². The second-order valence-electron chi connectivity index (χ2n) is 7.70. The van der Waals surface area contributed by atoms with Gasteiger partial charge in [0.05, 0.1) is 11.2 Å². The lowest BCUT2D eigenvalue weighted by Gasteiger charge is -2.22. The normalized spacial score (nSPS) is 17.5. The number of rotatable bonds is 4. The highest BCUT2D eigenvalue weighted by Crippen LogP contribution is 2.50. The summed E-state index contributed by atoms with van der Waals surface area (Å²) in [5, 5.41) is 1.10. The highest BCUT2D eigenvalue weighted by Gasteiger charge is 2.65. The molecule has 1 aliphatic carbocycles. The van der Waals surface area contributed by atoms with Crippen LogP contribution in [0, 0.1) is 0 Å². The largest absolute Gasteiger partial charge is 0.573 e. The maximum absolute atomic E-state index is 13.3. The van der Waals surface area contributed by atoms with Gasteiger partial charge in [-0.3, -0.25) is 4.79 Å². The highest BCUT2D eigenvalue weighted by atomic mass is 35.5. The van der Waals surface area contributed by atoms with Crippen molar-refractivity contribution in [3.05, 3.63) is 65.3 Å². The van der Waals surface area contributed by atoms with Gasteiger partial charge in [-0.2, -0.15) is 0 Å². The Hall–Kier alpha value is -3.33. The Kier molecular flexibility index (Phi) is 4.56. The number of hydrogen-bond donors (Lipinski definition) is 0. The van der Waals surface area contributed by atoms with E-state index in [1.54, 1.807) is 6.07 Å². The molecule has 6 nitrogen and oxygen atoms in total. The zero-order valence-electron chi connectivity index (χ0n) is 16.4. The zero-order valence-corrected chi connectivity index (χ0v) is 17.2. The molecule has 1 saturated heterocycles. The van der Waals surface area contributed by atoms with Crippen LogP contribution >= 0.6 is 11.6 Å². The number of anilines is 1. The number of benzene rings is 2. The monoisotopic (exact) mass is 461 g/mol. The third kappa shape index (κ3) is 3.42. The summed E-state index contributed by atoms with van der Waals surface area (Å²) in [5.41, 5.74) is 0.661. The van der Waals surface area contributed by atoms with E-state index in [9.17, 15) is 22.8 Å². The van der Waals surface area contributed by atoms with E-state index in [1.165, 1.54) is 17.0 Å². The molecule has 0 radical (unpaired) electrons. The molecule has 0 N–H and O–H groups in total. The summed E-state index contributed by atoms with van der Waals surface area (Å²) in [6, 6.07) is 13.2. The first-order chi connectivity index (χ1) is 15.2. The first kappa shape index (κ1) is 20.6. The first-order valence-corrected chi connectivity index (χ1v) is 10.1. The van der Waals surface area contributed by atoms with Crippen molar-refractivity contribution in [2.24, 2.45) is 0 Å². The van der Waals surface area contributed by atoms with Crippen LogP contribution in [0.4, 0.5) is 23.7 Å². The summed E-state index contributed by atoms with van der Waals surface area (Å²) in [6.07, 6.45) is -3.80. The van der Waals surface area contributed by atoms with Crippen LogP contribution in [0.1, 0.15) is 18.4 Å². The van der Waals surface area contributed by atoms with Crippen LogP contribution in [0.3, 0.4) is 0 Å². The van der Waals surface area contributed by atoms with Gasteiger partial charge in [0.2, 0.25) is 0 Å². The molecule has 1 spiro atoms. The highest BCUT2D eigenvalue weighted by molar-refractivity contribution is 6.30. The number of halogens is 4.